The van der Waals surface area contributed by atoms with E-state index in [1.807, 2.05) is 0 Å². The van der Waals surface area contributed by atoms with E-state index in [2.05, 4.69) is 12.4 Å². The van der Waals surface area contributed by atoms with E-state index in [-0.39, 0.29) is 11.8 Å². The molecule has 0 aromatic carbocycles. The molecule has 1 radical (unpaired) electrons. The molecule has 0 aliphatic heterocycles. The number of hydrogen-bond acceptors (Lipinski definition) is 1. The van der Waals surface area contributed by atoms with Gasteiger partial charge in [-0.05, 0) is 0 Å². The molecule has 0 heterocycles. The van der Waals surface area contributed by atoms with Crippen molar-refractivity contribution < 1.29 is 4.79 Å². The minimum Gasteiger partial charge on any atom is -0.353 e. The molecule has 0 aromatic heterocycles. The molecule has 2 nitrogen and oxygen atoms in total. The first-order chi connectivity index (χ1) is 3.72. The molecular weight excluding hydrogens is 149 g/mol. The average Bonchev–Trinajstić information content (AvgIpc) is 1.84. The Morgan fingerprint density at radius 3 is 2.50 bits per heavy atom. The summed E-state index contributed by atoms with van der Waals surface area (Å²) in [5, 5.41) is 1.45. The fourth-order valence-corrected chi connectivity index (χ4v) is 0.398. The van der Waals surface area contributed by atoms with Crippen molar-refractivity contribution in [2.75, 3.05) is 5.88 Å². The summed E-state index contributed by atoms with van der Waals surface area (Å²) in [6.45, 7) is 0. The lowest BCUT2D eigenvalue weighted by atomic mass is 10.4. The highest BCUT2D eigenvalue weighted by Crippen LogP contribution is 1.96. The molecule has 47 valence electrons. The molecule has 0 aromatic rings. The van der Waals surface area contributed by atoms with Gasteiger partial charge in [-0.1, -0.05) is 0 Å². The zero-order valence-corrected chi connectivity index (χ0v) is 5.67. The number of carbonyl (C=O) groups excluding carboxylic acids is 1. The topological polar surface area (TPSA) is 29.1 Å². The highest BCUT2D eigenvalue weighted by atomic mass is 35.5. The van der Waals surface area contributed by atoms with Crippen molar-refractivity contribution in [2.24, 2.45) is 0 Å². The number of halogens is 2. The Morgan fingerprint density at radius 1 is 1.88 bits per heavy atom. The van der Waals surface area contributed by atoms with Crippen LogP contribution in [0.3, 0.4) is 0 Å². The van der Waals surface area contributed by atoms with Crippen LogP contribution in [0, 0.1) is 7.05 Å². The molecule has 4 heteroatoms. The molecular formula is C4H6Cl2NO. The van der Waals surface area contributed by atoms with E-state index < -0.39 is 5.38 Å². The molecule has 1 amide bonds. The summed E-state index contributed by atoms with van der Waals surface area (Å²) in [4.78, 5) is 10.4. The highest BCUT2D eigenvalue weighted by molar-refractivity contribution is 6.36. The molecule has 1 atom stereocenters. The van der Waals surface area contributed by atoms with E-state index in [1.54, 1.807) is 0 Å². The van der Waals surface area contributed by atoms with Gasteiger partial charge in [0.1, 0.15) is 5.38 Å². The first-order valence-corrected chi connectivity index (χ1v) is 2.96. The minimum absolute atomic E-state index is 0.114. The largest absolute Gasteiger partial charge is 0.353 e. The van der Waals surface area contributed by atoms with E-state index in [0.717, 1.165) is 0 Å². The van der Waals surface area contributed by atoms with Crippen LogP contribution in [0.1, 0.15) is 0 Å². The fourth-order valence-electron chi connectivity index (χ4n) is 0.181. The molecule has 0 rings (SSSR count). The normalized spacial score (nSPS) is 12.9. The number of alkyl halides is 2. The van der Waals surface area contributed by atoms with Crippen molar-refractivity contribution in [3.05, 3.63) is 7.05 Å². The van der Waals surface area contributed by atoms with Crippen LogP contribution in [0.2, 0.25) is 0 Å². The molecule has 1 unspecified atom stereocenters. The van der Waals surface area contributed by atoms with Crippen LogP contribution >= 0.6 is 23.2 Å². The number of carbonyl (C=O) groups is 1. The lowest BCUT2D eigenvalue weighted by Crippen LogP contribution is -2.27. The molecule has 0 aliphatic rings. The van der Waals surface area contributed by atoms with Crippen LogP contribution in [0.5, 0.6) is 0 Å². The predicted octanol–water partition coefficient (Wildman–Crippen LogP) is 0.740. The summed E-state index contributed by atoms with van der Waals surface area (Å²) in [6.07, 6.45) is 0. The van der Waals surface area contributed by atoms with Crippen LogP contribution in [-0.2, 0) is 4.79 Å². The van der Waals surface area contributed by atoms with Crippen molar-refractivity contribution in [3.63, 3.8) is 0 Å². The number of nitrogens with one attached hydrogen (secondary N) is 1. The molecule has 8 heavy (non-hydrogen) atoms. The number of rotatable bonds is 2. The van der Waals surface area contributed by atoms with Crippen molar-refractivity contribution >= 4 is 29.1 Å². The molecule has 0 spiro atoms. The second-order valence-corrected chi connectivity index (χ2v) is 2.00. The average molecular weight is 155 g/mol. The standard InChI is InChI=1S/C4H6Cl2NO/c1-7-4(8)3(6)2-5/h3H,1-2H2,(H,7,8). The Morgan fingerprint density at radius 2 is 2.38 bits per heavy atom. The molecule has 0 aliphatic carbocycles. The third-order valence-electron chi connectivity index (χ3n) is 0.594. The summed E-state index contributed by atoms with van der Waals surface area (Å²) in [7, 11) is 3.11. The van der Waals surface area contributed by atoms with Gasteiger partial charge in [-0.2, -0.15) is 0 Å². The zero-order chi connectivity index (χ0) is 6.57. The van der Waals surface area contributed by atoms with Gasteiger partial charge in [-0.3, -0.25) is 4.79 Å². The molecule has 1 N–H and O–H groups in total. The molecule has 0 bridgehead atoms. The summed E-state index contributed by atoms with van der Waals surface area (Å²) in [6, 6.07) is 0. The maximum Gasteiger partial charge on any atom is 0.239 e. The van der Waals surface area contributed by atoms with E-state index in [1.165, 1.54) is 0 Å². The summed E-state index contributed by atoms with van der Waals surface area (Å²) >= 11 is 10.5. The smallest absolute Gasteiger partial charge is 0.239 e. The van der Waals surface area contributed by atoms with E-state index in [9.17, 15) is 4.79 Å². The van der Waals surface area contributed by atoms with E-state index >= 15 is 0 Å². The second kappa shape index (κ2) is 3.98. The number of amides is 1. The second-order valence-electron chi connectivity index (χ2n) is 1.16. The Bertz CT molecular complexity index is 86.1. The van der Waals surface area contributed by atoms with Gasteiger partial charge >= 0.3 is 0 Å². The molecule has 0 saturated carbocycles. The maximum absolute atomic E-state index is 10.4. The van der Waals surface area contributed by atoms with Crippen molar-refractivity contribution in [1.29, 1.82) is 0 Å². The summed E-state index contributed by atoms with van der Waals surface area (Å²) in [5.74, 6) is -0.232. The quantitative estimate of drug-likeness (QED) is 0.585. The number of hydrogen-bond donors (Lipinski definition) is 1. The van der Waals surface area contributed by atoms with Crippen molar-refractivity contribution in [3.8, 4) is 0 Å². The predicted molar refractivity (Wildman–Crippen MR) is 33.9 cm³/mol. The SMILES string of the molecule is [CH2]NC(=O)C(Cl)CCl. The zero-order valence-electron chi connectivity index (χ0n) is 4.16. The van der Waals surface area contributed by atoms with Gasteiger partial charge in [0.2, 0.25) is 5.91 Å². The third-order valence-corrected chi connectivity index (χ3v) is 1.41. The van der Waals surface area contributed by atoms with Gasteiger partial charge in [0.25, 0.3) is 0 Å². The van der Waals surface area contributed by atoms with Gasteiger partial charge in [0.15, 0.2) is 0 Å². The van der Waals surface area contributed by atoms with Gasteiger partial charge in [0, 0.05) is 12.9 Å². The monoisotopic (exact) mass is 154 g/mol. The summed E-state index contributed by atoms with van der Waals surface area (Å²) in [5.41, 5.74) is 0. The maximum atomic E-state index is 10.4. The first kappa shape index (κ1) is 8.05. The highest BCUT2D eigenvalue weighted by Gasteiger charge is 2.09. The lowest BCUT2D eigenvalue weighted by molar-refractivity contribution is -0.119. The Balaban J connectivity index is 3.46. The fraction of sp³-hybridized carbons (Fsp3) is 0.500. The van der Waals surface area contributed by atoms with Crippen LogP contribution in [-0.4, -0.2) is 17.2 Å². The van der Waals surface area contributed by atoms with Crippen LogP contribution < -0.4 is 5.32 Å². The van der Waals surface area contributed by atoms with E-state index in [0.29, 0.717) is 0 Å². The minimum atomic E-state index is -0.658. The third kappa shape index (κ3) is 2.38. The van der Waals surface area contributed by atoms with Gasteiger partial charge in [0.05, 0.1) is 0 Å². The Labute approximate surface area is 58.2 Å². The van der Waals surface area contributed by atoms with Gasteiger partial charge in [-0.15, -0.1) is 23.2 Å². The van der Waals surface area contributed by atoms with Crippen LogP contribution in [0.25, 0.3) is 0 Å². The van der Waals surface area contributed by atoms with Crippen molar-refractivity contribution in [1.82, 2.24) is 5.32 Å². The van der Waals surface area contributed by atoms with Gasteiger partial charge < -0.3 is 5.32 Å². The van der Waals surface area contributed by atoms with Crippen LogP contribution in [0.15, 0.2) is 0 Å². The Kier molecular flexibility index (Phi) is 4.01. The molecule has 0 fully saturated rings. The van der Waals surface area contributed by atoms with Crippen molar-refractivity contribution in [2.45, 2.75) is 5.38 Å². The lowest BCUT2D eigenvalue weighted by Gasteiger charge is -2.00. The Hall–Kier alpha value is 0.0500. The first-order valence-electron chi connectivity index (χ1n) is 1.99. The summed E-state index contributed by atoms with van der Waals surface area (Å²) < 4.78 is 0. The van der Waals surface area contributed by atoms with Crippen LogP contribution in [0.4, 0.5) is 0 Å². The van der Waals surface area contributed by atoms with E-state index in [4.69, 9.17) is 23.2 Å². The molecule has 0 saturated heterocycles. The van der Waals surface area contributed by atoms with Gasteiger partial charge in [-0.25, -0.2) is 0 Å².